The van der Waals surface area contributed by atoms with Crippen LogP contribution in [0.25, 0.3) is 0 Å². The van der Waals surface area contributed by atoms with E-state index in [-0.39, 0.29) is 0 Å². The Kier molecular flexibility index (Phi) is 3.89. The van der Waals surface area contributed by atoms with Gasteiger partial charge in [-0.05, 0) is 40.5 Å². The van der Waals surface area contributed by atoms with Gasteiger partial charge in [-0.1, -0.05) is 13.0 Å². The van der Waals surface area contributed by atoms with Crippen LogP contribution in [-0.4, -0.2) is 5.75 Å². The fraction of sp³-hybridized carbons (Fsp3) is 0.222. The van der Waals surface area contributed by atoms with E-state index in [1.807, 2.05) is 18.2 Å². The molecule has 0 saturated heterocycles. The highest BCUT2D eigenvalue weighted by molar-refractivity contribution is 14.1. The van der Waals surface area contributed by atoms with Crippen LogP contribution in [0.4, 0.5) is 0 Å². The average Bonchev–Trinajstić information content (AvgIpc) is 2.05. The molecule has 1 rings (SSSR count). The highest BCUT2D eigenvalue weighted by atomic mass is 127. The summed E-state index contributed by atoms with van der Waals surface area (Å²) in [5.41, 5.74) is 0.810. The Labute approximate surface area is 90.3 Å². The lowest BCUT2D eigenvalue weighted by atomic mass is 10.2. The van der Waals surface area contributed by atoms with Gasteiger partial charge in [0.05, 0.1) is 5.56 Å². The van der Waals surface area contributed by atoms with E-state index in [1.54, 1.807) is 11.8 Å². The predicted molar refractivity (Wildman–Crippen MR) is 60.3 cm³/mol. The molecule has 0 fully saturated rings. The second-order valence-electron chi connectivity index (χ2n) is 2.16. The minimum Gasteiger partial charge on any atom is -0.192 e. The van der Waals surface area contributed by atoms with Gasteiger partial charge in [0.2, 0.25) is 0 Å². The Balaban J connectivity index is 3.11. The maximum Gasteiger partial charge on any atom is 0.101 e. The Bertz CT molecular complexity index is 317. The highest BCUT2D eigenvalue weighted by Gasteiger charge is 2.04. The molecule has 0 saturated carbocycles. The second-order valence-corrected chi connectivity index (χ2v) is 4.63. The maximum atomic E-state index is 8.86. The highest BCUT2D eigenvalue weighted by Crippen LogP contribution is 2.25. The Morgan fingerprint density at radius 3 is 2.92 bits per heavy atom. The van der Waals surface area contributed by atoms with Gasteiger partial charge in [0, 0.05) is 8.47 Å². The molecule has 0 aliphatic rings. The number of halogens is 1. The van der Waals surface area contributed by atoms with Crippen molar-refractivity contribution in [3.63, 3.8) is 0 Å². The molecule has 0 heterocycles. The van der Waals surface area contributed by atoms with Crippen molar-refractivity contribution in [1.29, 1.82) is 5.26 Å². The van der Waals surface area contributed by atoms with Gasteiger partial charge >= 0.3 is 0 Å². The van der Waals surface area contributed by atoms with E-state index in [2.05, 4.69) is 35.6 Å². The quantitative estimate of drug-likeness (QED) is 0.616. The molecule has 0 spiro atoms. The molecule has 0 radical (unpaired) electrons. The summed E-state index contributed by atoms with van der Waals surface area (Å²) in [6.45, 7) is 2.09. The van der Waals surface area contributed by atoms with Crippen molar-refractivity contribution in [1.82, 2.24) is 0 Å². The predicted octanol–water partition coefficient (Wildman–Crippen LogP) is 3.27. The molecular formula is C9H8INS. The van der Waals surface area contributed by atoms with Crippen LogP contribution < -0.4 is 0 Å². The number of hydrogen-bond acceptors (Lipinski definition) is 2. The van der Waals surface area contributed by atoms with E-state index in [0.29, 0.717) is 0 Å². The van der Waals surface area contributed by atoms with Crippen LogP contribution in [0.15, 0.2) is 23.1 Å². The Hall–Kier alpha value is -0.210. The van der Waals surface area contributed by atoms with Gasteiger partial charge in [-0.2, -0.15) is 5.26 Å². The summed E-state index contributed by atoms with van der Waals surface area (Å²) < 4.78 is 1.04. The largest absolute Gasteiger partial charge is 0.192 e. The first-order valence-corrected chi connectivity index (χ1v) is 5.67. The molecule has 12 heavy (non-hydrogen) atoms. The lowest BCUT2D eigenvalue weighted by Crippen LogP contribution is -1.85. The van der Waals surface area contributed by atoms with Crippen molar-refractivity contribution < 1.29 is 0 Å². The summed E-state index contributed by atoms with van der Waals surface area (Å²) in [6, 6.07) is 8.16. The van der Waals surface area contributed by atoms with E-state index in [0.717, 1.165) is 19.8 Å². The number of nitrogens with zero attached hydrogens (tertiary/aromatic N) is 1. The first-order chi connectivity index (χ1) is 5.79. The van der Waals surface area contributed by atoms with Crippen LogP contribution in [0.2, 0.25) is 0 Å². The van der Waals surface area contributed by atoms with Gasteiger partial charge in [-0.25, -0.2) is 0 Å². The van der Waals surface area contributed by atoms with E-state index >= 15 is 0 Å². The minimum absolute atomic E-state index is 0.810. The molecule has 0 N–H and O–H groups in total. The van der Waals surface area contributed by atoms with E-state index < -0.39 is 0 Å². The molecule has 0 bridgehead atoms. The molecule has 0 unspecified atom stereocenters. The second kappa shape index (κ2) is 4.73. The lowest BCUT2D eigenvalue weighted by molar-refractivity contribution is 1.33. The lowest BCUT2D eigenvalue weighted by Gasteiger charge is -2.02. The van der Waals surface area contributed by atoms with Crippen LogP contribution in [0.3, 0.4) is 0 Å². The minimum atomic E-state index is 0.810. The van der Waals surface area contributed by atoms with Crippen LogP contribution in [0, 0.1) is 14.9 Å². The summed E-state index contributed by atoms with van der Waals surface area (Å²) in [6.07, 6.45) is 0. The van der Waals surface area contributed by atoms with Gasteiger partial charge in [0.1, 0.15) is 6.07 Å². The summed E-state index contributed by atoms with van der Waals surface area (Å²) in [5.74, 6) is 1.01. The number of rotatable bonds is 2. The first kappa shape index (κ1) is 9.87. The zero-order valence-corrected chi connectivity index (χ0v) is 9.65. The molecule has 62 valence electrons. The van der Waals surface area contributed by atoms with Crippen LogP contribution in [0.5, 0.6) is 0 Å². The SMILES string of the molecule is CCSc1cccc(I)c1C#N. The zero-order valence-electron chi connectivity index (χ0n) is 6.67. The maximum absolute atomic E-state index is 8.86. The third-order valence-electron chi connectivity index (χ3n) is 1.39. The molecule has 0 aliphatic heterocycles. The van der Waals surface area contributed by atoms with Crippen molar-refractivity contribution >= 4 is 34.4 Å². The molecule has 0 aromatic heterocycles. The third-order valence-corrected chi connectivity index (χ3v) is 3.23. The normalized spacial score (nSPS) is 9.42. The van der Waals surface area contributed by atoms with E-state index in [4.69, 9.17) is 5.26 Å². The Morgan fingerprint density at radius 1 is 1.58 bits per heavy atom. The van der Waals surface area contributed by atoms with Crippen molar-refractivity contribution in [2.24, 2.45) is 0 Å². The molecule has 0 amide bonds. The van der Waals surface area contributed by atoms with Crippen molar-refractivity contribution in [3.05, 3.63) is 27.3 Å². The molecule has 1 aromatic carbocycles. The summed E-state index contributed by atoms with van der Waals surface area (Å²) >= 11 is 3.90. The van der Waals surface area contributed by atoms with Gasteiger partial charge in [0.15, 0.2) is 0 Å². The fourth-order valence-electron chi connectivity index (χ4n) is 0.889. The summed E-state index contributed by atoms with van der Waals surface area (Å²) in [4.78, 5) is 1.09. The fourth-order valence-corrected chi connectivity index (χ4v) is 2.48. The van der Waals surface area contributed by atoms with Gasteiger partial charge < -0.3 is 0 Å². The summed E-state index contributed by atoms with van der Waals surface area (Å²) in [7, 11) is 0. The van der Waals surface area contributed by atoms with Crippen LogP contribution in [0.1, 0.15) is 12.5 Å². The van der Waals surface area contributed by atoms with Crippen LogP contribution in [-0.2, 0) is 0 Å². The zero-order chi connectivity index (χ0) is 8.97. The van der Waals surface area contributed by atoms with Gasteiger partial charge in [-0.15, -0.1) is 11.8 Å². The number of benzene rings is 1. The Morgan fingerprint density at radius 2 is 2.33 bits per heavy atom. The van der Waals surface area contributed by atoms with Gasteiger partial charge in [0.25, 0.3) is 0 Å². The topological polar surface area (TPSA) is 23.8 Å². The van der Waals surface area contributed by atoms with E-state index in [1.165, 1.54) is 0 Å². The first-order valence-electron chi connectivity index (χ1n) is 3.61. The molecule has 1 aromatic rings. The van der Waals surface area contributed by atoms with Gasteiger partial charge in [-0.3, -0.25) is 0 Å². The van der Waals surface area contributed by atoms with Crippen LogP contribution >= 0.6 is 34.4 Å². The third kappa shape index (κ3) is 2.14. The number of thioether (sulfide) groups is 1. The molecule has 3 heteroatoms. The van der Waals surface area contributed by atoms with Crippen molar-refractivity contribution in [2.75, 3.05) is 5.75 Å². The molecule has 0 aliphatic carbocycles. The summed E-state index contributed by atoms with van der Waals surface area (Å²) in [5, 5.41) is 8.86. The van der Waals surface area contributed by atoms with Crippen molar-refractivity contribution in [3.8, 4) is 6.07 Å². The standard InChI is InChI=1S/C9H8INS/c1-2-12-9-5-3-4-8(10)7(9)6-11/h3-5H,2H2,1H3. The molecule has 1 nitrogen and oxygen atoms in total. The molecular weight excluding hydrogens is 281 g/mol. The monoisotopic (exact) mass is 289 g/mol. The number of hydrogen-bond donors (Lipinski definition) is 0. The smallest absolute Gasteiger partial charge is 0.101 e. The van der Waals surface area contributed by atoms with Crippen molar-refractivity contribution in [2.45, 2.75) is 11.8 Å². The number of nitriles is 1. The average molecular weight is 289 g/mol. The van der Waals surface area contributed by atoms with E-state index in [9.17, 15) is 0 Å². The molecule has 0 atom stereocenters.